The number of halogens is 1. The lowest BCUT2D eigenvalue weighted by Crippen LogP contribution is -2.15. The minimum Gasteiger partial charge on any atom is -0.506 e. The number of hydrogen-bond acceptors (Lipinski definition) is 6. The maximum atomic E-state index is 12.7. The number of carbonyl (C=O) groups excluding carboxylic acids is 1. The molecule has 0 saturated carbocycles. The number of para-hydroxylation sites is 1. The van der Waals surface area contributed by atoms with Crippen molar-refractivity contribution in [3.8, 4) is 5.75 Å². The zero-order valence-electron chi connectivity index (χ0n) is 15.1. The summed E-state index contributed by atoms with van der Waals surface area (Å²) >= 11 is 5.89. The first kappa shape index (κ1) is 19.7. The molecule has 1 heterocycles. The number of aromatic amines is 1. The molecular weight excluding hydrogens is 430 g/mol. The molecule has 4 rings (SSSR count). The van der Waals surface area contributed by atoms with Gasteiger partial charge in [-0.2, -0.15) is 15.4 Å². The van der Waals surface area contributed by atoms with Crippen LogP contribution in [0, 0.1) is 0 Å². The molecule has 1 aromatic heterocycles. The van der Waals surface area contributed by atoms with Gasteiger partial charge in [-0.05, 0) is 48.5 Å². The molecule has 0 aliphatic carbocycles. The van der Waals surface area contributed by atoms with Crippen LogP contribution in [0.3, 0.4) is 0 Å². The number of carbonyl (C=O) groups is 1. The van der Waals surface area contributed by atoms with Gasteiger partial charge in [-0.15, -0.1) is 0 Å². The smallest absolute Gasteiger partial charge is 0.261 e. The van der Waals surface area contributed by atoms with E-state index in [0.717, 1.165) is 6.07 Å². The van der Waals surface area contributed by atoms with Crippen LogP contribution in [0.2, 0.25) is 5.02 Å². The maximum Gasteiger partial charge on any atom is 0.261 e. The van der Waals surface area contributed by atoms with Gasteiger partial charge in [0.25, 0.3) is 15.9 Å². The molecule has 152 valence electrons. The van der Waals surface area contributed by atoms with E-state index in [1.54, 1.807) is 36.4 Å². The second kappa shape index (κ2) is 7.65. The second-order valence-corrected chi connectivity index (χ2v) is 8.36. The van der Waals surface area contributed by atoms with Crippen molar-refractivity contribution in [2.24, 2.45) is 0 Å². The average molecular weight is 444 g/mol. The van der Waals surface area contributed by atoms with Crippen molar-refractivity contribution in [2.75, 3.05) is 10.0 Å². The van der Waals surface area contributed by atoms with Crippen molar-refractivity contribution in [3.05, 3.63) is 71.2 Å². The molecule has 0 radical (unpaired) electrons. The van der Waals surface area contributed by atoms with Crippen LogP contribution in [-0.2, 0) is 10.0 Å². The average Bonchev–Trinajstić information content (AvgIpc) is 3.18. The van der Waals surface area contributed by atoms with Crippen molar-refractivity contribution in [1.29, 1.82) is 0 Å². The topological polar surface area (TPSA) is 137 Å². The number of nitrogens with zero attached hydrogens (tertiary/aromatic N) is 2. The third-order valence-corrected chi connectivity index (χ3v) is 5.81. The number of phenolic OH excluding ortho intramolecular Hbond substituents is 1. The van der Waals surface area contributed by atoms with E-state index in [4.69, 9.17) is 11.6 Å². The monoisotopic (exact) mass is 443 g/mol. The Balaban J connectivity index is 1.63. The maximum absolute atomic E-state index is 12.7. The lowest BCUT2D eigenvalue weighted by Gasteiger charge is -2.12. The predicted octanol–water partition coefficient (Wildman–Crippen LogP) is 3.37. The van der Waals surface area contributed by atoms with E-state index in [1.807, 2.05) is 0 Å². The Morgan fingerprint density at radius 1 is 1.03 bits per heavy atom. The largest absolute Gasteiger partial charge is 0.506 e. The highest BCUT2D eigenvalue weighted by Gasteiger charge is 2.19. The van der Waals surface area contributed by atoms with E-state index in [9.17, 15) is 18.3 Å². The number of amides is 1. The Morgan fingerprint density at radius 3 is 2.63 bits per heavy atom. The summed E-state index contributed by atoms with van der Waals surface area (Å²) in [5, 5.41) is 23.3. The Morgan fingerprint density at radius 2 is 1.83 bits per heavy atom. The number of hydrogen-bond donors (Lipinski definition) is 4. The lowest BCUT2D eigenvalue weighted by molar-refractivity contribution is 0.102. The molecule has 1 amide bonds. The van der Waals surface area contributed by atoms with E-state index in [-0.39, 0.29) is 27.6 Å². The van der Waals surface area contributed by atoms with Crippen LogP contribution in [0.25, 0.3) is 11.0 Å². The number of phenols is 1. The quantitative estimate of drug-likeness (QED) is 0.349. The van der Waals surface area contributed by atoms with Crippen molar-refractivity contribution >= 4 is 49.9 Å². The van der Waals surface area contributed by atoms with E-state index in [0.29, 0.717) is 16.1 Å². The van der Waals surface area contributed by atoms with Crippen molar-refractivity contribution < 1.29 is 18.3 Å². The SMILES string of the molecule is O=C(Nc1cc(S(=O)(=O)Nc2cccc(Cl)c2)ccc1O)c1cccc2n[nH]nc12. The molecule has 9 nitrogen and oxygen atoms in total. The molecule has 0 aliphatic heterocycles. The minimum absolute atomic E-state index is 0.0746. The number of benzene rings is 3. The molecule has 30 heavy (non-hydrogen) atoms. The molecule has 11 heteroatoms. The Bertz CT molecular complexity index is 1370. The first-order chi connectivity index (χ1) is 14.3. The van der Waals surface area contributed by atoms with Gasteiger partial charge in [-0.1, -0.05) is 23.7 Å². The zero-order valence-corrected chi connectivity index (χ0v) is 16.7. The summed E-state index contributed by atoms with van der Waals surface area (Å²) < 4.78 is 27.8. The Kier molecular flexibility index (Phi) is 5.02. The number of H-pyrrole nitrogens is 1. The number of anilines is 2. The normalized spacial score (nSPS) is 11.4. The predicted molar refractivity (Wildman–Crippen MR) is 112 cm³/mol. The summed E-state index contributed by atoms with van der Waals surface area (Å²) in [6.45, 7) is 0. The molecule has 0 bridgehead atoms. The van der Waals surface area contributed by atoms with E-state index >= 15 is 0 Å². The molecule has 0 spiro atoms. The van der Waals surface area contributed by atoms with Crippen LogP contribution in [0.15, 0.2) is 65.6 Å². The highest BCUT2D eigenvalue weighted by molar-refractivity contribution is 7.92. The first-order valence-corrected chi connectivity index (χ1v) is 10.4. The third kappa shape index (κ3) is 3.91. The van der Waals surface area contributed by atoms with Gasteiger partial charge >= 0.3 is 0 Å². The standard InChI is InChI=1S/C19H14ClN5O4S/c20-11-3-1-4-12(9-11)24-30(28,29)13-7-8-17(26)16(10-13)21-19(27)14-5-2-6-15-18(14)23-25-22-15/h1-10,24,26H,(H,21,27)(H,22,23,25). The number of nitrogens with one attached hydrogen (secondary N) is 3. The van der Waals surface area contributed by atoms with E-state index in [2.05, 4.69) is 25.4 Å². The summed E-state index contributed by atoms with van der Waals surface area (Å²) in [4.78, 5) is 12.5. The molecule has 0 unspecified atom stereocenters. The molecule has 3 aromatic carbocycles. The fourth-order valence-corrected chi connectivity index (χ4v) is 4.05. The molecular formula is C19H14ClN5O4S. The van der Waals surface area contributed by atoms with Crippen molar-refractivity contribution in [3.63, 3.8) is 0 Å². The molecule has 0 aliphatic rings. The highest BCUT2D eigenvalue weighted by atomic mass is 35.5. The highest BCUT2D eigenvalue weighted by Crippen LogP contribution is 2.29. The van der Waals surface area contributed by atoms with E-state index in [1.165, 1.54) is 18.2 Å². The van der Waals surface area contributed by atoms with Crippen LogP contribution in [0.5, 0.6) is 5.75 Å². The van der Waals surface area contributed by atoms with Crippen molar-refractivity contribution in [2.45, 2.75) is 4.90 Å². The zero-order chi connectivity index (χ0) is 21.3. The van der Waals surface area contributed by atoms with Gasteiger partial charge in [0.1, 0.15) is 16.8 Å². The Labute approximate surface area is 175 Å². The summed E-state index contributed by atoms with van der Waals surface area (Å²) in [6, 6.07) is 14.6. The molecule has 4 N–H and O–H groups in total. The number of aromatic nitrogens is 3. The number of sulfonamides is 1. The summed E-state index contributed by atoms with van der Waals surface area (Å²) in [5.41, 5.74) is 1.26. The third-order valence-electron chi connectivity index (χ3n) is 4.19. The molecule has 0 saturated heterocycles. The minimum atomic E-state index is -3.99. The number of rotatable bonds is 5. The fourth-order valence-electron chi connectivity index (χ4n) is 2.79. The molecule has 0 fully saturated rings. The van der Waals surface area contributed by atoms with Crippen LogP contribution in [-0.4, -0.2) is 34.8 Å². The molecule has 0 atom stereocenters. The van der Waals surface area contributed by atoms with Gasteiger partial charge in [0.05, 0.1) is 21.8 Å². The van der Waals surface area contributed by atoms with Gasteiger partial charge in [0.15, 0.2) is 0 Å². The van der Waals surface area contributed by atoms with Gasteiger partial charge in [-0.25, -0.2) is 8.42 Å². The van der Waals surface area contributed by atoms with Gasteiger partial charge in [-0.3, -0.25) is 9.52 Å². The Hall–Kier alpha value is -3.63. The van der Waals surface area contributed by atoms with Gasteiger partial charge in [0.2, 0.25) is 0 Å². The number of aromatic hydroxyl groups is 1. The summed E-state index contributed by atoms with van der Waals surface area (Å²) in [5.74, 6) is -0.875. The van der Waals surface area contributed by atoms with Gasteiger partial charge < -0.3 is 10.4 Å². The fraction of sp³-hybridized carbons (Fsp3) is 0. The van der Waals surface area contributed by atoms with E-state index < -0.39 is 15.9 Å². The van der Waals surface area contributed by atoms with Crippen LogP contribution >= 0.6 is 11.6 Å². The summed E-state index contributed by atoms with van der Waals surface area (Å²) in [6.07, 6.45) is 0. The van der Waals surface area contributed by atoms with Crippen LogP contribution < -0.4 is 10.0 Å². The number of fused-ring (bicyclic) bond motifs is 1. The summed E-state index contributed by atoms with van der Waals surface area (Å²) in [7, 11) is -3.99. The lowest BCUT2D eigenvalue weighted by atomic mass is 10.1. The van der Waals surface area contributed by atoms with Crippen LogP contribution in [0.4, 0.5) is 11.4 Å². The van der Waals surface area contributed by atoms with Crippen LogP contribution in [0.1, 0.15) is 10.4 Å². The molecule has 4 aromatic rings. The van der Waals surface area contributed by atoms with Crippen molar-refractivity contribution in [1.82, 2.24) is 15.4 Å². The first-order valence-electron chi connectivity index (χ1n) is 8.56. The second-order valence-electron chi connectivity index (χ2n) is 6.25. The van der Waals surface area contributed by atoms with Gasteiger partial charge in [0, 0.05) is 5.02 Å².